The summed E-state index contributed by atoms with van der Waals surface area (Å²) in [5.74, 6) is -1.04. The third-order valence-electron chi connectivity index (χ3n) is 1.85. The van der Waals surface area contributed by atoms with E-state index in [9.17, 15) is 4.79 Å². The third-order valence-corrected chi connectivity index (χ3v) is 2.96. The van der Waals surface area contributed by atoms with E-state index in [2.05, 4.69) is 9.97 Å². The Bertz CT molecular complexity index is 545. The molecule has 2 aromatic heterocycles. The number of carbonyl (C=O) groups is 1. The maximum absolute atomic E-state index is 10.7. The SMILES string of the molecule is O=C(O)c1cccc(Sc2ccc(Cl)cn2)n1. The highest BCUT2D eigenvalue weighted by atomic mass is 35.5. The van der Waals surface area contributed by atoms with Gasteiger partial charge in [-0.15, -0.1) is 0 Å². The van der Waals surface area contributed by atoms with Gasteiger partial charge in [0, 0.05) is 6.20 Å². The minimum atomic E-state index is -1.04. The maximum atomic E-state index is 10.7. The summed E-state index contributed by atoms with van der Waals surface area (Å²) in [7, 11) is 0. The Hall–Kier alpha value is -1.59. The number of pyridine rings is 2. The van der Waals surface area contributed by atoms with Crippen LogP contribution in [0.25, 0.3) is 0 Å². The summed E-state index contributed by atoms with van der Waals surface area (Å²) in [6, 6.07) is 8.30. The Morgan fingerprint density at radius 3 is 2.71 bits per heavy atom. The van der Waals surface area contributed by atoms with E-state index < -0.39 is 5.97 Å². The van der Waals surface area contributed by atoms with Gasteiger partial charge in [-0.3, -0.25) is 0 Å². The summed E-state index contributed by atoms with van der Waals surface area (Å²) >= 11 is 7.00. The molecule has 0 aliphatic heterocycles. The Kier molecular flexibility index (Phi) is 3.61. The van der Waals surface area contributed by atoms with Crippen LogP contribution in [0.2, 0.25) is 5.02 Å². The van der Waals surface area contributed by atoms with Crippen LogP contribution in [-0.2, 0) is 0 Å². The second kappa shape index (κ2) is 5.16. The van der Waals surface area contributed by atoms with Crippen molar-refractivity contribution in [3.8, 4) is 0 Å². The molecule has 1 N–H and O–H groups in total. The fourth-order valence-corrected chi connectivity index (χ4v) is 1.98. The molecular formula is C11H7ClN2O2S. The largest absolute Gasteiger partial charge is 0.477 e. The molecule has 2 aromatic rings. The number of carboxylic acids is 1. The lowest BCUT2D eigenvalue weighted by atomic mass is 10.4. The predicted molar refractivity (Wildman–Crippen MR) is 64.6 cm³/mol. The second-order valence-corrected chi connectivity index (χ2v) is 4.56. The molecule has 17 heavy (non-hydrogen) atoms. The molecule has 0 saturated carbocycles. The van der Waals surface area contributed by atoms with E-state index >= 15 is 0 Å². The number of aromatic carboxylic acids is 1. The lowest BCUT2D eigenvalue weighted by Crippen LogP contribution is -1.99. The Balaban J connectivity index is 2.21. The van der Waals surface area contributed by atoms with Crippen LogP contribution in [0.5, 0.6) is 0 Å². The van der Waals surface area contributed by atoms with Crippen LogP contribution in [0.1, 0.15) is 10.5 Å². The quantitative estimate of drug-likeness (QED) is 0.925. The van der Waals surface area contributed by atoms with E-state index in [0.717, 1.165) is 0 Å². The zero-order chi connectivity index (χ0) is 12.3. The van der Waals surface area contributed by atoms with Gasteiger partial charge in [-0.1, -0.05) is 29.4 Å². The van der Waals surface area contributed by atoms with E-state index in [4.69, 9.17) is 16.7 Å². The fourth-order valence-electron chi connectivity index (χ4n) is 1.12. The molecule has 86 valence electrons. The average Bonchev–Trinajstić information content (AvgIpc) is 2.32. The average molecular weight is 267 g/mol. The van der Waals surface area contributed by atoms with Crippen LogP contribution >= 0.6 is 23.4 Å². The molecule has 0 saturated heterocycles. The number of halogens is 1. The molecule has 0 atom stereocenters. The fraction of sp³-hybridized carbons (Fsp3) is 0. The standard InChI is InChI=1S/C11H7ClN2O2S/c12-7-4-5-9(13-6-7)17-10-3-1-2-8(14-10)11(15)16/h1-6H,(H,15,16). The lowest BCUT2D eigenvalue weighted by Gasteiger charge is -2.01. The van der Waals surface area contributed by atoms with E-state index in [1.54, 1.807) is 24.3 Å². The molecule has 2 heterocycles. The first-order valence-corrected chi connectivity index (χ1v) is 5.84. The molecular weight excluding hydrogens is 260 g/mol. The van der Waals surface area contributed by atoms with Gasteiger partial charge in [0.05, 0.1) is 5.02 Å². The first kappa shape index (κ1) is 11.9. The Labute approximate surface area is 107 Å². The summed E-state index contributed by atoms with van der Waals surface area (Å²) in [6.07, 6.45) is 1.53. The van der Waals surface area contributed by atoms with Crippen LogP contribution < -0.4 is 0 Å². The molecule has 0 aliphatic rings. The summed E-state index contributed by atoms with van der Waals surface area (Å²) in [5.41, 5.74) is 0.0176. The number of carboxylic acid groups (broad SMARTS) is 1. The molecule has 6 heteroatoms. The van der Waals surface area contributed by atoms with Crippen molar-refractivity contribution in [2.45, 2.75) is 10.1 Å². The minimum absolute atomic E-state index is 0.0176. The van der Waals surface area contributed by atoms with E-state index in [-0.39, 0.29) is 5.69 Å². The topological polar surface area (TPSA) is 63.1 Å². The zero-order valence-electron chi connectivity index (χ0n) is 8.50. The van der Waals surface area contributed by atoms with Crippen LogP contribution in [0.3, 0.4) is 0 Å². The van der Waals surface area contributed by atoms with E-state index in [1.807, 2.05) is 0 Å². The van der Waals surface area contributed by atoms with Gasteiger partial charge >= 0.3 is 5.97 Å². The Morgan fingerprint density at radius 2 is 2.06 bits per heavy atom. The summed E-state index contributed by atoms with van der Waals surface area (Å²) in [6.45, 7) is 0. The summed E-state index contributed by atoms with van der Waals surface area (Å²) in [4.78, 5) is 18.8. The number of hydrogen-bond acceptors (Lipinski definition) is 4. The smallest absolute Gasteiger partial charge is 0.354 e. The van der Waals surface area contributed by atoms with Gasteiger partial charge in [-0.25, -0.2) is 14.8 Å². The van der Waals surface area contributed by atoms with Crippen molar-refractivity contribution in [2.75, 3.05) is 0 Å². The van der Waals surface area contributed by atoms with Crippen LogP contribution in [-0.4, -0.2) is 21.0 Å². The van der Waals surface area contributed by atoms with Crippen molar-refractivity contribution in [3.63, 3.8) is 0 Å². The zero-order valence-corrected chi connectivity index (χ0v) is 10.1. The highest BCUT2D eigenvalue weighted by Crippen LogP contribution is 2.24. The first-order valence-electron chi connectivity index (χ1n) is 4.65. The van der Waals surface area contributed by atoms with Crippen molar-refractivity contribution in [3.05, 3.63) is 47.2 Å². The minimum Gasteiger partial charge on any atom is -0.477 e. The molecule has 0 amide bonds. The number of nitrogens with zero attached hydrogens (tertiary/aromatic N) is 2. The molecule has 0 unspecified atom stereocenters. The third kappa shape index (κ3) is 3.18. The lowest BCUT2D eigenvalue weighted by molar-refractivity contribution is 0.0689. The van der Waals surface area contributed by atoms with Gasteiger partial charge in [0.15, 0.2) is 0 Å². The highest BCUT2D eigenvalue weighted by molar-refractivity contribution is 7.99. The normalized spacial score (nSPS) is 10.2. The summed E-state index contributed by atoms with van der Waals surface area (Å²) in [5, 5.41) is 10.7. The van der Waals surface area contributed by atoms with Crippen molar-refractivity contribution in [1.82, 2.24) is 9.97 Å². The maximum Gasteiger partial charge on any atom is 0.354 e. The first-order chi connectivity index (χ1) is 8.15. The molecule has 4 nitrogen and oxygen atoms in total. The monoisotopic (exact) mass is 266 g/mol. The molecule has 0 bridgehead atoms. The predicted octanol–water partition coefficient (Wildman–Crippen LogP) is 2.98. The molecule has 0 fully saturated rings. The second-order valence-electron chi connectivity index (χ2n) is 3.08. The highest BCUT2D eigenvalue weighted by Gasteiger charge is 2.06. The Morgan fingerprint density at radius 1 is 1.24 bits per heavy atom. The van der Waals surface area contributed by atoms with Gasteiger partial charge in [-0.2, -0.15) is 0 Å². The van der Waals surface area contributed by atoms with Crippen LogP contribution in [0.4, 0.5) is 0 Å². The van der Waals surface area contributed by atoms with Gasteiger partial charge in [0.1, 0.15) is 15.7 Å². The van der Waals surface area contributed by atoms with Gasteiger partial charge in [-0.05, 0) is 24.3 Å². The van der Waals surface area contributed by atoms with Gasteiger partial charge in [0.25, 0.3) is 0 Å². The van der Waals surface area contributed by atoms with Crippen LogP contribution in [0.15, 0.2) is 46.6 Å². The summed E-state index contributed by atoms with van der Waals surface area (Å²) < 4.78 is 0. The number of rotatable bonds is 3. The number of aromatic nitrogens is 2. The molecule has 2 rings (SSSR count). The number of hydrogen-bond donors (Lipinski definition) is 1. The molecule has 0 spiro atoms. The van der Waals surface area contributed by atoms with Crippen molar-refractivity contribution in [2.24, 2.45) is 0 Å². The van der Waals surface area contributed by atoms with Gasteiger partial charge in [0.2, 0.25) is 0 Å². The molecule has 0 aromatic carbocycles. The van der Waals surface area contributed by atoms with Crippen molar-refractivity contribution >= 4 is 29.3 Å². The molecule has 0 aliphatic carbocycles. The molecule has 0 radical (unpaired) electrons. The van der Waals surface area contributed by atoms with Gasteiger partial charge < -0.3 is 5.11 Å². The van der Waals surface area contributed by atoms with E-state index in [1.165, 1.54) is 24.0 Å². The van der Waals surface area contributed by atoms with Crippen LogP contribution in [0, 0.1) is 0 Å². The van der Waals surface area contributed by atoms with E-state index in [0.29, 0.717) is 15.1 Å². The van der Waals surface area contributed by atoms with Crippen molar-refractivity contribution in [1.29, 1.82) is 0 Å². The van der Waals surface area contributed by atoms with Crippen molar-refractivity contribution < 1.29 is 9.90 Å².